The maximum Gasteiger partial charge on any atom is 0.0463 e. The van der Waals surface area contributed by atoms with Crippen LogP contribution in [0.3, 0.4) is 0 Å². The van der Waals surface area contributed by atoms with Crippen LogP contribution in [-0.4, -0.2) is 21.9 Å². The van der Waals surface area contributed by atoms with Gasteiger partial charge < -0.3 is 5.21 Å². The van der Waals surface area contributed by atoms with Crippen LogP contribution in [0.1, 0.15) is 58.3 Å². The van der Waals surface area contributed by atoms with Crippen molar-refractivity contribution in [1.29, 1.82) is 0 Å². The van der Waals surface area contributed by atoms with Crippen LogP contribution in [-0.2, 0) is 0 Å². The lowest BCUT2D eigenvalue weighted by molar-refractivity contribution is -0.227. The summed E-state index contributed by atoms with van der Waals surface area (Å²) < 4.78 is 0. The summed E-state index contributed by atoms with van der Waals surface area (Å²) in [6, 6.07) is 0.381. The van der Waals surface area contributed by atoms with E-state index in [1.165, 1.54) is 44.9 Å². The molecule has 0 radical (unpaired) electrons. The van der Waals surface area contributed by atoms with E-state index in [-0.39, 0.29) is 5.54 Å². The van der Waals surface area contributed by atoms with E-state index in [1.54, 1.807) is 5.06 Å². The van der Waals surface area contributed by atoms with Gasteiger partial charge in [-0.3, -0.25) is 0 Å². The molecule has 1 heterocycles. The van der Waals surface area contributed by atoms with Crippen LogP contribution in [0.5, 0.6) is 0 Å². The molecule has 2 fully saturated rings. The highest BCUT2D eigenvalue weighted by atomic mass is 16.5. The zero-order chi connectivity index (χ0) is 9.31. The smallest absolute Gasteiger partial charge is 0.0463 e. The number of hydrogen-bond acceptors (Lipinski definition) is 2. The lowest BCUT2D eigenvalue weighted by Gasteiger charge is -2.49. The van der Waals surface area contributed by atoms with Gasteiger partial charge in [-0.25, -0.2) is 0 Å². The van der Waals surface area contributed by atoms with Gasteiger partial charge in [0.1, 0.15) is 0 Å². The van der Waals surface area contributed by atoms with Crippen LogP contribution >= 0.6 is 0 Å². The second-order valence-electron chi connectivity index (χ2n) is 4.87. The Kier molecular flexibility index (Phi) is 2.61. The van der Waals surface area contributed by atoms with Gasteiger partial charge in [0, 0.05) is 11.6 Å². The lowest BCUT2D eigenvalue weighted by Crippen LogP contribution is -2.54. The zero-order valence-corrected chi connectivity index (χ0v) is 8.63. The standard InChI is InChI=1S/C11H21NO/c1-10-6-5-9-11(12(10)13)7-3-2-4-8-11/h10,13H,2-9H2,1H3. The minimum atomic E-state index is 0.177. The third-order valence-electron chi connectivity index (χ3n) is 3.95. The predicted molar refractivity (Wildman–Crippen MR) is 52.8 cm³/mol. The van der Waals surface area contributed by atoms with Gasteiger partial charge in [0.05, 0.1) is 0 Å². The molecule has 0 bridgehead atoms. The lowest BCUT2D eigenvalue weighted by atomic mass is 9.75. The third kappa shape index (κ3) is 1.62. The molecular formula is C11H21NO. The van der Waals surface area contributed by atoms with E-state index in [9.17, 15) is 5.21 Å². The van der Waals surface area contributed by atoms with Crippen molar-refractivity contribution >= 4 is 0 Å². The molecule has 2 rings (SSSR count). The van der Waals surface area contributed by atoms with Crippen molar-refractivity contribution in [3.63, 3.8) is 0 Å². The summed E-state index contributed by atoms with van der Waals surface area (Å²) in [6.07, 6.45) is 10.1. The van der Waals surface area contributed by atoms with Crippen molar-refractivity contribution in [3.05, 3.63) is 0 Å². The molecule has 1 aliphatic heterocycles. The van der Waals surface area contributed by atoms with Crippen molar-refractivity contribution in [2.24, 2.45) is 0 Å². The SMILES string of the molecule is CC1CCCC2(CCCCC2)N1O. The first-order valence-corrected chi connectivity index (χ1v) is 5.73. The number of hydrogen-bond donors (Lipinski definition) is 1. The van der Waals surface area contributed by atoms with Crippen molar-refractivity contribution in [2.45, 2.75) is 69.9 Å². The molecule has 1 saturated carbocycles. The van der Waals surface area contributed by atoms with E-state index in [2.05, 4.69) is 6.92 Å². The number of hydroxylamine groups is 2. The molecular weight excluding hydrogens is 162 g/mol. The van der Waals surface area contributed by atoms with Crippen LogP contribution in [0.15, 0.2) is 0 Å². The quantitative estimate of drug-likeness (QED) is 0.624. The molecule has 76 valence electrons. The molecule has 1 aliphatic carbocycles. The molecule has 2 heteroatoms. The molecule has 0 aromatic rings. The van der Waals surface area contributed by atoms with E-state index in [1.807, 2.05) is 0 Å². The maximum atomic E-state index is 10.1. The van der Waals surface area contributed by atoms with Crippen molar-refractivity contribution in [3.8, 4) is 0 Å². The second kappa shape index (κ2) is 3.58. The van der Waals surface area contributed by atoms with Gasteiger partial charge in [0.15, 0.2) is 0 Å². The molecule has 1 unspecified atom stereocenters. The van der Waals surface area contributed by atoms with E-state index < -0.39 is 0 Å². The molecule has 0 amide bonds. The Labute approximate surface area is 80.9 Å². The van der Waals surface area contributed by atoms with Crippen LogP contribution in [0.25, 0.3) is 0 Å². The first-order valence-electron chi connectivity index (χ1n) is 5.73. The molecule has 0 aromatic carbocycles. The topological polar surface area (TPSA) is 23.5 Å². The summed E-state index contributed by atoms with van der Waals surface area (Å²) in [5, 5.41) is 11.8. The van der Waals surface area contributed by atoms with Crippen molar-refractivity contribution in [1.82, 2.24) is 5.06 Å². The number of nitrogens with zero attached hydrogens (tertiary/aromatic N) is 1. The Hall–Kier alpha value is -0.0800. The zero-order valence-electron chi connectivity index (χ0n) is 8.63. The Morgan fingerprint density at radius 2 is 1.69 bits per heavy atom. The normalized spacial score (nSPS) is 35.1. The summed E-state index contributed by atoms with van der Waals surface area (Å²) in [4.78, 5) is 0. The maximum absolute atomic E-state index is 10.1. The minimum Gasteiger partial charge on any atom is -0.313 e. The fourth-order valence-corrected chi connectivity index (χ4v) is 3.12. The van der Waals surface area contributed by atoms with Gasteiger partial charge in [0.25, 0.3) is 0 Å². The molecule has 1 spiro atoms. The fourth-order valence-electron chi connectivity index (χ4n) is 3.12. The molecule has 1 N–H and O–H groups in total. The summed E-state index contributed by atoms with van der Waals surface area (Å²) >= 11 is 0. The number of piperidine rings is 1. The average molecular weight is 183 g/mol. The van der Waals surface area contributed by atoms with Gasteiger partial charge in [-0.05, 0) is 39.0 Å². The second-order valence-corrected chi connectivity index (χ2v) is 4.87. The molecule has 1 saturated heterocycles. The minimum absolute atomic E-state index is 0.177. The predicted octanol–water partition coefficient (Wildman–Crippen LogP) is 2.95. The average Bonchev–Trinajstić information content (AvgIpc) is 2.16. The molecule has 13 heavy (non-hydrogen) atoms. The Morgan fingerprint density at radius 1 is 1.08 bits per heavy atom. The van der Waals surface area contributed by atoms with Gasteiger partial charge in [-0.1, -0.05) is 19.3 Å². The highest BCUT2D eigenvalue weighted by molar-refractivity contribution is 4.94. The van der Waals surface area contributed by atoms with Gasteiger partial charge in [-0.15, -0.1) is 0 Å². The fraction of sp³-hybridized carbons (Fsp3) is 1.00. The summed E-state index contributed by atoms with van der Waals surface area (Å²) in [5.74, 6) is 0. The molecule has 2 nitrogen and oxygen atoms in total. The van der Waals surface area contributed by atoms with E-state index in [0.29, 0.717) is 6.04 Å². The van der Waals surface area contributed by atoms with Crippen molar-refractivity contribution in [2.75, 3.05) is 0 Å². The van der Waals surface area contributed by atoms with Crippen LogP contribution in [0, 0.1) is 0 Å². The number of rotatable bonds is 0. The monoisotopic (exact) mass is 183 g/mol. The van der Waals surface area contributed by atoms with Crippen LogP contribution < -0.4 is 0 Å². The van der Waals surface area contributed by atoms with Gasteiger partial charge in [-0.2, -0.15) is 5.06 Å². The van der Waals surface area contributed by atoms with Crippen LogP contribution in [0.4, 0.5) is 0 Å². The Balaban J connectivity index is 2.09. The third-order valence-corrected chi connectivity index (χ3v) is 3.95. The van der Waals surface area contributed by atoms with Gasteiger partial charge >= 0.3 is 0 Å². The molecule has 2 aliphatic rings. The Bertz CT molecular complexity index is 169. The summed E-state index contributed by atoms with van der Waals surface area (Å²) in [5.41, 5.74) is 0.177. The largest absolute Gasteiger partial charge is 0.313 e. The first-order chi connectivity index (χ1) is 6.25. The first kappa shape index (κ1) is 9.47. The van der Waals surface area contributed by atoms with E-state index >= 15 is 0 Å². The summed E-state index contributed by atoms with van der Waals surface area (Å²) in [6.45, 7) is 2.15. The van der Waals surface area contributed by atoms with Crippen LogP contribution in [0.2, 0.25) is 0 Å². The highest BCUT2D eigenvalue weighted by Gasteiger charge is 2.41. The highest BCUT2D eigenvalue weighted by Crippen LogP contribution is 2.41. The van der Waals surface area contributed by atoms with Gasteiger partial charge in [0.2, 0.25) is 0 Å². The Morgan fingerprint density at radius 3 is 2.38 bits per heavy atom. The van der Waals surface area contributed by atoms with Crippen molar-refractivity contribution < 1.29 is 5.21 Å². The molecule has 0 aromatic heterocycles. The van der Waals surface area contributed by atoms with E-state index in [0.717, 1.165) is 6.42 Å². The summed E-state index contributed by atoms with van der Waals surface area (Å²) in [7, 11) is 0. The molecule has 1 atom stereocenters. The van der Waals surface area contributed by atoms with E-state index in [4.69, 9.17) is 0 Å².